The van der Waals surface area contributed by atoms with E-state index in [0.29, 0.717) is 5.02 Å². The molecule has 7 heteroatoms. The molecule has 5 nitrogen and oxygen atoms in total. The number of pyridine rings is 1. The van der Waals surface area contributed by atoms with Gasteiger partial charge in [-0.2, -0.15) is 0 Å². The van der Waals surface area contributed by atoms with Gasteiger partial charge in [-0.15, -0.1) is 0 Å². The van der Waals surface area contributed by atoms with Crippen LogP contribution < -0.4 is 10.0 Å². The third-order valence-corrected chi connectivity index (χ3v) is 5.36. The highest BCUT2D eigenvalue weighted by molar-refractivity contribution is 7.92. The molecule has 0 aliphatic rings. The average Bonchev–Trinajstić information content (AvgIpc) is 2.59. The topological polar surface area (TPSA) is 71.1 Å². The van der Waals surface area contributed by atoms with E-state index in [2.05, 4.69) is 15.0 Å². The quantitative estimate of drug-likeness (QED) is 0.653. The normalized spacial score (nSPS) is 11.2. The van der Waals surface area contributed by atoms with Crippen LogP contribution in [0.1, 0.15) is 11.1 Å². The number of halogens is 1. The first kappa shape index (κ1) is 18.2. The summed E-state index contributed by atoms with van der Waals surface area (Å²) in [5, 5.41) is 3.90. The summed E-state index contributed by atoms with van der Waals surface area (Å²) in [4.78, 5) is 4.38. The Bertz CT molecular complexity index is 1030. The van der Waals surface area contributed by atoms with Crippen LogP contribution in [0.5, 0.6) is 0 Å². The van der Waals surface area contributed by atoms with E-state index in [9.17, 15) is 8.42 Å². The lowest BCUT2D eigenvalue weighted by atomic mass is 10.2. The van der Waals surface area contributed by atoms with E-state index in [1.54, 1.807) is 42.6 Å². The van der Waals surface area contributed by atoms with Crippen molar-refractivity contribution >= 4 is 38.8 Å². The van der Waals surface area contributed by atoms with E-state index in [1.165, 1.54) is 0 Å². The molecule has 0 atom stereocenters. The van der Waals surface area contributed by atoms with Gasteiger partial charge in [-0.25, -0.2) is 13.4 Å². The summed E-state index contributed by atoms with van der Waals surface area (Å²) in [5.74, 6) is 0.255. The zero-order chi connectivity index (χ0) is 18.7. The van der Waals surface area contributed by atoms with Crippen LogP contribution in [0.2, 0.25) is 5.02 Å². The third kappa shape index (κ3) is 4.33. The smallest absolute Gasteiger partial charge is 0.263 e. The fourth-order valence-electron chi connectivity index (χ4n) is 2.43. The molecule has 1 heterocycles. The highest BCUT2D eigenvalue weighted by Gasteiger charge is 2.14. The van der Waals surface area contributed by atoms with E-state index in [-0.39, 0.29) is 10.7 Å². The highest BCUT2D eigenvalue weighted by Crippen LogP contribution is 2.24. The third-order valence-electron chi connectivity index (χ3n) is 3.77. The lowest BCUT2D eigenvalue weighted by Gasteiger charge is -2.11. The fourth-order valence-corrected chi connectivity index (χ4v) is 3.77. The number of benzene rings is 2. The van der Waals surface area contributed by atoms with Crippen molar-refractivity contribution in [1.29, 1.82) is 0 Å². The van der Waals surface area contributed by atoms with Crippen molar-refractivity contribution in [3.05, 3.63) is 76.9 Å². The van der Waals surface area contributed by atoms with Crippen molar-refractivity contribution in [3.8, 4) is 0 Å². The number of nitrogens with one attached hydrogen (secondary N) is 2. The number of aromatic nitrogens is 1. The predicted molar refractivity (Wildman–Crippen MR) is 106 cm³/mol. The van der Waals surface area contributed by atoms with Crippen LogP contribution in [0.4, 0.5) is 17.2 Å². The van der Waals surface area contributed by atoms with Gasteiger partial charge in [0.15, 0.2) is 0 Å². The Labute approximate surface area is 158 Å². The van der Waals surface area contributed by atoms with Crippen LogP contribution in [-0.4, -0.2) is 13.4 Å². The van der Waals surface area contributed by atoms with Crippen molar-refractivity contribution < 1.29 is 8.42 Å². The molecule has 2 N–H and O–H groups in total. The monoisotopic (exact) mass is 387 g/mol. The number of nitrogens with zero attached hydrogens (tertiary/aromatic N) is 1. The molecular weight excluding hydrogens is 370 g/mol. The Morgan fingerprint density at radius 2 is 1.81 bits per heavy atom. The summed E-state index contributed by atoms with van der Waals surface area (Å²) in [7, 11) is -3.67. The maximum absolute atomic E-state index is 12.4. The summed E-state index contributed by atoms with van der Waals surface area (Å²) in [6, 6.07) is 15.6. The van der Waals surface area contributed by atoms with Crippen LogP contribution >= 0.6 is 11.6 Å². The molecule has 0 fully saturated rings. The molecule has 0 spiro atoms. The molecule has 0 aliphatic carbocycles. The van der Waals surface area contributed by atoms with Crippen molar-refractivity contribution in [3.63, 3.8) is 0 Å². The molecule has 2 aromatic carbocycles. The van der Waals surface area contributed by atoms with Crippen LogP contribution in [0.15, 0.2) is 65.7 Å². The molecule has 0 saturated carbocycles. The summed E-state index contributed by atoms with van der Waals surface area (Å²) in [5.41, 5.74) is 3.53. The Morgan fingerprint density at radius 3 is 2.46 bits per heavy atom. The maximum atomic E-state index is 12.4. The summed E-state index contributed by atoms with van der Waals surface area (Å²) in [6.45, 7) is 3.79. The van der Waals surface area contributed by atoms with E-state index in [4.69, 9.17) is 11.6 Å². The fraction of sp³-hybridized carbons (Fsp3) is 0.105. The molecule has 0 unspecified atom stereocenters. The first-order valence-electron chi connectivity index (χ1n) is 7.92. The van der Waals surface area contributed by atoms with E-state index in [1.807, 2.05) is 32.0 Å². The maximum Gasteiger partial charge on any atom is 0.263 e. The number of rotatable bonds is 5. The predicted octanol–water partition coefficient (Wildman–Crippen LogP) is 4.90. The second kappa shape index (κ2) is 7.35. The molecule has 3 aromatic rings. The van der Waals surface area contributed by atoms with Crippen LogP contribution in [0.3, 0.4) is 0 Å². The van der Waals surface area contributed by atoms with E-state index >= 15 is 0 Å². The molecule has 3 rings (SSSR count). The summed E-state index contributed by atoms with van der Waals surface area (Å²) >= 11 is 5.96. The number of hydrogen-bond donors (Lipinski definition) is 2. The van der Waals surface area contributed by atoms with Crippen LogP contribution in [-0.2, 0) is 10.0 Å². The summed E-state index contributed by atoms with van der Waals surface area (Å²) < 4.78 is 27.3. The lowest BCUT2D eigenvalue weighted by Crippen LogP contribution is -2.14. The molecule has 0 amide bonds. The van der Waals surface area contributed by atoms with Gasteiger partial charge in [0.05, 0.1) is 16.8 Å². The minimum atomic E-state index is -3.67. The molecular formula is C19H18ClN3O2S. The van der Waals surface area contributed by atoms with E-state index in [0.717, 1.165) is 22.5 Å². The zero-order valence-corrected chi connectivity index (χ0v) is 15.9. The summed E-state index contributed by atoms with van der Waals surface area (Å²) in [6.07, 6.45) is 1.57. The van der Waals surface area contributed by atoms with Gasteiger partial charge in [0.2, 0.25) is 0 Å². The number of anilines is 3. The van der Waals surface area contributed by atoms with Gasteiger partial charge in [0, 0.05) is 10.7 Å². The molecule has 0 bridgehead atoms. The Hall–Kier alpha value is -2.57. The van der Waals surface area contributed by atoms with Crippen molar-refractivity contribution in [1.82, 2.24) is 4.98 Å². The first-order valence-corrected chi connectivity index (χ1v) is 9.78. The Kier molecular flexibility index (Phi) is 5.15. The van der Waals surface area contributed by atoms with Crippen molar-refractivity contribution in [2.75, 3.05) is 10.0 Å². The van der Waals surface area contributed by atoms with Gasteiger partial charge in [-0.05, 0) is 67.4 Å². The number of hydrogen-bond acceptors (Lipinski definition) is 4. The number of sulfonamides is 1. The van der Waals surface area contributed by atoms with Gasteiger partial charge in [-0.3, -0.25) is 4.72 Å². The van der Waals surface area contributed by atoms with Gasteiger partial charge in [-0.1, -0.05) is 23.7 Å². The molecule has 26 heavy (non-hydrogen) atoms. The van der Waals surface area contributed by atoms with Gasteiger partial charge in [0.25, 0.3) is 10.0 Å². The molecule has 134 valence electrons. The SMILES string of the molecule is Cc1cccc(S(=O)(=O)Nc2ccc(Nc3ccc(Cl)cc3C)cn2)c1. The molecule has 0 aliphatic heterocycles. The Balaban J connectivity index is 1.75. The van der Waals surface area contributed by atoms with Gasteiger partial charge in [0.1, 0.15) is 5.82 Å². The minimum absolute atomic E-state index is 0.207. The van der Waals surface area contributed by atoms with Crippen molar-refractivity contribution in [2.24, 2.45) is 0 Å². The average molecular weight is 388 g/mol. The largest absolute Gasteiger partial charge is 0.354 e. The van der Waals surface area contributed by atoms with Crippen LogP contribution in [0, 0.1) is 13.8 Å². The standard InChI is InChI=1S/C19H18ClN3O2S/c1-13-4-3-5-17(10-13)26(24,25)23-19-9-7-16(12-21-19)22-18-8-6-15(20)11-14(18)2/h3-12,22H,1-2H3,(H,21,23). The zero-order valence-electron chi connectivity index (χ0n) is 14.3. The molecule has 0 radical (unpaired) electrons. The van der Waals surface area contributed by atoms with Crippen LogP contribution in [0.25, 0.3) is 0 Å². The lowest BCUT2D eigenvalue weighted by molar-refractivity contribution is 0.601. The Morgan fingerprint density at radius 1 is 1.00 bits per heavy atom. The van der Waals surface area contributed by atoms with Crippen molar-refractivity contribution in [2.45, 2.75) is 18.7 Å². The minimum Gasteiger partial charge on any atom is -0.354 e. The second-order valence-corrected chi connectivity index (χ2v) is 8.06. The number of aryl methyl sites for hydroxylation is 2. The molecule has 1 aromatic heterocycles. The van der Waals surface area contributed by atoms with E-state index < -0.39 is 10.0 Å². The molecule has 0 saturated heterocycles. The van der Waals surface area contributed by atoms with Gasteiger partial charge >= 0.3 is 0 Å². The van der Waals surface area contributed by atoms with Gasteiger partial charge < -0.3 is 5.32 Å². The first-order chi connectivity index (χ1) is 12.3. The second-order valence-electron chi connectivity index (χ2n) is 5.94. The highest BCUT2D eigenvalue weighted by atomic mass is 35.5.